The van der Waals surface area contributed by atoms with E-state index >= 15 is 0 Å². The molecular formula is C7H7NO3. The molecule has 58 valence electrons. The van der Waals surface area contributed by atoms with E-state index in [2.05, 4.69) is 0 Å². The van der Waals surface area contributed by atoms with E-state index in [1.54, 1.807) is 0 Å². The fourth-order valence-electron chi connectivity index (χ4n) is 0.750. The Morgan fingerprint density at radius 3 is 2.55 bits per heavy atom. The van der Waals surface area contributed by atoms with Crippen molar-refractivity contribution in [3.63, 3.8) is 0 Å². The summed E-state index contributed by atoms with van der Waals surface area (Å²) in [5, 5.41) is 24.9. The Labute approximate surface area is 63.0 Å². The fraction of sp³-hybridized carbons (Fsp3) is 0.143. The SMILES string of the molecule is N=C1C=CC=CC1(O)C(=O)O. The van der Waals surface area contributed by atoms with Crippen molar-refractivity contribution in [2.24, 2.45) is 0 Å². The van der Waals surface area contributed by atoms with Gasteiger partial charge in [-0.1, -0.05) is 12.2 Å². The summed E-state index contributed by atoms with van der Waals surface area (Å²) < 4.78 is 0. The van der Waals surface area contributed by atoms with E-state index in [1.165, 1.54) is 18.2 Å². The predicted octanol–water partition coefficient (Wildman–Crippen LogP) is -0.0521. The summed E-state index contributed by atoms with van der Waals surface area (Å²) in [4.78, 5) is 10.4. The molecule has 0 amide bonds. The van der Waals surface area contributed by atoms with Gasteiger partial charge in [0, 0.05) is 0 Å². The van der Waals surface area contributed by atoms with Crippen LogP contribution in [0, 0.1) is 5.41 Å². The number of nitrogens with one attached hydrogen (secondary N) is 1. The highest BCUT2D eigenvalue weighted by Gasteiger charge is 2.37. The lowest BCUT2D eigenvalue weighted by Gasteiger charge is -2.19. The third-order valence-electron chi connectivity index (χ3n) is 1.45. The molecule has 4 nitrogen and oxygen atoms in total. The van der Waals surface area contributed by atoms with Crippen molar-refractivity contribution in [2.45, 2.75) is 5.60 Å². The molecule has 0 bridgehead atoms. The van der Waals surface area contributed by atoms with Crippen LogP contribution in [0.15, 0.2) is 24.3 Å². The average Bonchev–Trinajstić information content (AvgIpc) is 1.95. The highest BCUT2D eigenvalue weighted by atomic mass is 16.4. The smallest absolute Gasteiger partial charge is 0.346 e. The van der Waals surface area contributed by atoms with Crippen molar-refractivity contribution in [2.75, 3.05) is 0 Å². The summed E-state index contributed by atoms with van der Waals surface area (Å²) in [6.45, 7) is 0. The molecule has 4 heteroatoms. The molecule has 11 heavy (non-hydrogen) atoms. The minimum absolute atomic E-state index is 0.326. The van der Waals surface area contributed by atoms with Crippen LogP contribution in [0.5, 0.6) is 0 Å². The number of carboxylic acid groups (broad SMARTS) is 1. The van der Waals surface area contributed by atoms with Crippen molar-refractivity contribution in [1.82, 2.24) is 0 Å². The van der Waals surface area contributed by atoms with Gasteiger partial charge < -0.3 is 15.6 Å². The van der Waals surface area contributed by atoms with Crippen molar-refractivity contribution in [3.05, 3.63) is 24.3 Å². The zero-order valence-corrected chi connectivity index (χ0v) is 5.61. The quantitative estimate of drug-likeness (QED) is 0.494. The Kier molecular flexibility index (Phi) is 1.62. The van der Waals surface area contributed by atoms with Crippen molar-refractivity contribution in [1.29, 1.82) is 5.41 Å². The first-order valence-electron chi connectivity index (χ1n) is 2.98. The van der Waals surface area contributed by atoms with Crippen LogP contribution in [0.2, 0.25) is 0 Å². The van der Waals surface area contributed by atoms with Crippen LogP contribution < -0.4 is 0 Å². The molecule has 0 aromatic rings. The summed E-state index contributed by atoms with van der Waals surface area (Å²) in [5.41, 5.74) is -2.46. The summed E-state index contributed by atoms with van der Waals surface area (Å²) in [7, 11) is 0. The second-order valence-corrected chi connectivity index (χ2v) is 2.20. The van der Waals surface area contributed by atoms with Crippen LogP contribution in [-0.2, 0) is 4.79 Å². The number of allylic oxidation sites excluding steroid dienone is 2. The Morgan fingerprint density at radius 2 is 2.18 bits per heavy atom. The molecule has 1 unspecified atom stereocenters. The Morgan fingerprint density at radius 1 is 1.55 bits per heavy atom. The van der Waals surface area contributed by atoms with Crippen LogP contribution in [0.4, 0.5) is 0 Å². The average molecular weight is 153 g/mol. The second kappa shape index (κ2) is 2.32. The van der Waals surface area contributed by atoms with Gasteiger partial charge in [0.05, 0.1) is 5.71 Å². The maximum absolute atomic E-state index is 10.4. The molecule has 0 fully saturated rings. The highest BCUT2D eigenvalue weighted by Crippen LogP contribution is 2.13. The van der Waals surface area contributed by atoms with Crippen LogP contribution in [0.25, 0.3) is 0 Å². The lowest BCUT2D eigenvalue weighted by Crippen LogP contribution is -2.44. The molecule has 0 aromatic heterocycles. The van der Waals surface area contributed by atoms with Crippen LogP contribution in [-0.4, -0.2) is 27.5 Å². The molecule has 0 radical (unpaired) electrons. The molecule has 0 saturated carbocycles. The van der Waals surface area contributed by atoms with Gasteiger partial charge in [-0.25, -0.2) is 4.79 Å². The molecule has 0 saturated heterocycles. The summed E-state index contributed by atoms with van der Waals surface area (Å²) in [6, 6.07) is 0. The Hall–Kier alpha value is -1.42. The topological polar surface area (TPSA) is 81.4 Å². The number of rotatable bonds is 1. The number of hydrogen-bond donors (Lipinski definition) is 3. The van der Waals surface area contributed by atoms with Crippen LogP contribution in [0.1, 0.15) is 0 Å². The normalized spacial score (nSPS) is 29.0. The first-order valence-corrected chi connectivity index (χ1v) is 2.98. The minimum atomic E-state index is -2.13. The first-order chi connectivity index (χ1) is 5.07. The molecule has 0 aliphatic heterocycles. The van der Waals surface area contributed by atoms with Crippen molar-refractivity contribution in [3.8, 4) is 0 Å². The standard InChI is InChI=1S/C7H7NO3/c8-5-3-1-2-4-7(5,11)6(9)10/h1-4,8,11H,(H,9,10). The van der Waals surface area contributed by atoms with E-state index in [9.17, 15) is 9.90 Å². The van der Waals surface area contributed by atoms with Gasteiger partial charge in [-0.3, -0.25) is 0 Å². The zero-order chi connectivity index (χ0) is 8.48. The number of aliphatic hydroxyl groups is 1. The van der Waals surface area contributed by atoms with Crippen LogP contribution >= 0.6 is 0 Å². The Balaban J connectivity index is 3.04. The number of hydrogen-bond acceptors (Lipinski definition) is 3. The highest BCUT2D eigenvalue weighted by molar-refractivity contribution is 6.15. The maximum atomic E-state index is 10.4. The minimum Gasteiger partial charge on any atom is -0.479 e. The summed E-state index contributed by atoms with van der Waals surface area (Å²) in [5.74, 6) is -1.43. The third-order valence-corrected chi connectivity index (χ3v) is 1.45. The van der Waals surface area contributed by atoms with Crippen molar-refractivity contribution < 1.29 is 15.0 Å². The summed E-state index contributed by atoms with van der Waals surface area (Å²) in [6.07, 6.45) is 5.21. The van der Waals surface area contributed by atoms with Gasteiger partial charge in [-0.15, -0.1) is 0 Å². The van der Waals surface area contributed by atoms with Gasteiger partial charge in [0.15, 0.2) is 0 Å². The molecule has 0 heterocycles. The maximum Gasteiger partial charge on any atom is 0.346 e. The van der Waals surface area contributed by atoms with E-state index < -0.39 is 11.6 Å². The number of carboxylic acids is 1. The monoisotopic (exact) mass is 153 g/mol. The molecule has 1 aliphatic carbocycles. The Bertz CT molecular complexity index is 267. The largest absolute Gasteiger partial charge is 0.479 e. The molecule has 1 rings (SSSR count). The van der Waals surface area contributed by atoms with Crippen molar-refractivity contribution >= 4 is 11.7 Å². The summed E-state index contributed by atoms with van der Waals surface area (Å²) >= 11 is 0. The first kappa shape index (κ1) is 7.68. The molecule has 3 N–H and O–H groups in total. The van der Waals surface area contributed by atoms with E-state index in [0.717, 1.165) is 6.08 Å². The van der Waals surface area contributed by atoms with Gasteiger partial charge in [-0.2, -0.15) is 0 Å². The van der Waals surface area contributed by atoms with E-state index in [-0.39, 0.29) is 5.71 Å². The fourth-order valence-corrected chi connectivity index (χ4v) is 0.750. The van der Waals surface area contributed by atoms with E-state index in [0.29, 0.717) is 0 Å². The van der Waals surface area contributed by atoms with Gasteiger partial charge in [0.25, 0.3) is 0 Å². The van der Waals surface area contributed by atoms with Crippen LogP contribution in [0.3, 0.4) is 0 Å². The number of carbonyl (C=O) groups is 1. The van der Waals surface area contributed by atoms with Gasteiger partial charge in [0.2, 0.25) is 5.60 Å². The zero-order valence-electron chi connectivity index (χ0n) is 5.61. The third kappa shape index (κ3) is 1.08. The molecular weight excluding hydrogens is 146 g/mol. The van der Waals surface area contributed by atoms with E-state index in [4.69, 9.17) is 10.5 Å². The molecule has 1 atom stereocenters. The predicted molar refractivity (Wildman–Crippen MR) is 38.6 cm³/mol. The lowest BCUT2D eigenvalue weighted by atomic mass is 9.93. The molecule has 1 aliphatic rings. The lowest BCUT2D eigenvalue weighted by molar-refractivity contribution is -0.147. The molecule has 0 aromatic carbocycles. The molecule has 0 spiro atoms. The van der Waals surface area contributed by atoms with Gasteiger partial charge >= 0.3 is 5.97 Å². The van der Waals surface area contributed by atoms with Gasteiger partial charge in [0.1, 0.15) is 0 Å². The van der Waals surface area contributed by atoms with E-state index in [1.807, 2.05) is 0 Å². The number of aliphatic carboxylic acids is 1. The second-order valence-electron chi connectivity index (χ2n) is 2.20. The van der Waals surface area contributed by atoms with Gasteiger partial charge in [-0.05, 0) is 12.2 Å².